The quantitative estimate of drug-likeness (QED) is 0.468. The summed E-state index contributed by atoms with van der Waals surface area (Å²) in [6, 6.07) is -0.654. The van der Waals surface area contributed by atoms with Crippen LogP contribution in [0.2, 0.25) is 0 Å². The molecule has 0 unspecified atom stereocenters. The highest BCUT2D eigenvalue weighted by Gasteiger charge is 2.19. The molecule has 0 atom stereocenters. The molecule has 0 aromatic rings. The summed E-state index contributed by atoms with van der Waals surface area (Å²) in [6.45, 7) is 1.40. The number of hydrogen-bond donors (Lipinski definition) is 2. The fourth-order valence-electron chi connectivity index (χ4n) is 1.01. The van der Waals surface area contributed by atoms with E-state index in [0.717, 1.165) is 17.9 Å². The van der Waals surface area contributed by atoms with Crippen LogP contribution in [-0.4, -0.2) is 36.5 Å². The molecule has 0 aromatic carbocycles. The Bertz CT molecular complexity index is 181. The van der Waals surface area contributed by atoms with Crippen LogP contribution < -0.4 is 11.1 Å². The molecule has 62 valence electrons. The van der Waals surface area contributed by atoms with Gasteiger partial charge in [-0.15, -0.1) is 0 Å². The molecular weight excluding hydrogens is 146 g/mol. The van der Waals surface area contributed by atoms with Gasteiger partial charge in [-0.1, -0.05) is 0 Å². The molecule has 0 aromatic heterocycles. The van der Waals surface area contributed by atoms with Gasteiger partial charge in [-0.25, -0.2) is 4.79 Å². The van der Waals surface area contributed by atoms with Crippen LogP contribution in [0.1, 0.15) is 6.42 Å². The van der Waals surface area contributed by atoms with Gasteiger partial charge in [0.05, 0.1) is 6.54 Å². The Morgan fingerprint density at radius 2 is 2.36 bits per heavy atom. The van der Waals surface area contributed by atoms with Crippen molar-refractivity contribution >= 4 is 11.9 Å². The molecule has 0 spiro atoms. The van der Waals surface area contributed by atoms with Crippen LogP contribution in [0, 0.1) is 0 Å². The highest BCUT2D eigenvalue weighted by Crippen LogP contribution is 1.95. The minimum atomic E-state index is -0.654. The van der Waals surface area contributed by atoms with E-state index in [2.05, 4.69) is 5.32 Å². The van der Waals surface area contributed by atoms with Crippen molar-refractivity contribution in [1.82, 2.24) is 10.2 Å². The van der Waals surface area contributed by atoms with Gasteiger partial charge in [-0.3, -0.25) is 9.69 Å². The number of nitrogens with one attached hydrogen (secondary N) is 1. The topological polar surface area (TPSA) is 75.4 Å². The molecule has 1 aliphatic heterocycles. The SMILES string of the molecule is NC(=O)N1CCCNCC1=O. The Morgan fingerprint density at radius 1 is 1.64 bits per heavy atom. The van der Waals surface area contributed by atoms with Crippen molar-refractivity contribution in [3.05, 3.63) is 0 Å². The van der Waals surface area contributed by atoms with Gasteiger partial charge in [-0.2, -0.15) is 0 Å². The lowest BCUT2D eigenvalue weighted by atomic mass is 10.4. The first-order chi connectivity index (χ1) is 5.22. The van der Waals surface area contributed by atoms with Gasteiger partial charge in [0.1, 0.15) is 0 Å². The standard InChI is InChI=1S/C6H11N3O2/c7-6(11)9-3-1-2-8-4-5(9)10/h8H,1-4H2,(H2,7,11). The van der Waals surface area contributed by atoms with Gasteiger partial charge in [0.25, 0.3) is 0 Å². The van der Waals surface area contributed by atoms with Gasteiger partial charge in [0, 0.05) is 6.54 Å². The molecule has 5 nitrogen and oxygen atoms in total. The van der Waals surface area contributed by atoms with Crippen molar-refractivity contribution in [2.24, 2.45) is 5.73 Å². The van der Waals surface area contributed by atoms with Crippen LogP contribution in [0.15, 0.2) is 0 Å². The van der Waals surface area contributed by atoms with E-state index in [4.69, 9.17) is 5.73 Å². The van der Waals surface area contributed by atoms with E-state index in [1.807, 2.05) is 0 Å². The minimum absolute atomic E-state index is 0.211. The first kappa shape index (κ1) is 8.00. The zero-order valence-corrected chi connectivity index (χ0v) is 6.17. The number of carbonyl (C=O) groups is 2. The Kier molecular flexibility index (Phi) is 2.43. The molecule has 1 saturated heterocycles. The molecular formula is C6H11N3O2. The summed E-state index contributed by atoms with van der Waals surface area (Å²) in [5.74, 6) is -0.241. The monoisotopic (exact) mass is 157 g/mol. The number of nitrogens with two attached hydrogens (primary N) is 1. The summed E-state index contributed by atoms with van der Waals surface area (Å²) < 4.78 is 0. The molecule has 3 amide bonds. The summed E-state index contributed by atoms with van der Waals surface area (Å²) in [6.07, 6.45) is 0.772. The van der Waals surface area contributed by atoms with Gasteiger partial charge >= 0.3 is 6.03 Å². The van der Waals surface area contributed by atoms with Crippen molar-refractivity contribution in [1.29, 1.82) is 0 Å². The molecule has 1 rings (SSSR count). The Hall–Kier alpha value is -1.10. The van der Waals surface area contributed by atoms with Crippen LogP contribution in [-0.2, 0) is 4.79 Å². The smallest absolute Gasteiger partial charge is 0.321 e. The van der Waals surface area contributed by atoms with E-state index >= 15 is 0 Å². The number of imide groups is 1. The predicted molar refractivity (Wildman–Crippen MR) is 38.8 cm³/mol. The number of carbonyl (C=O) groups excluding carboxylic acids is 2. The molecule has 1 fully saturated rings. The molecule has 0 bridgehead atoms. The third kappa shape index (κ3) is 1.91. The van der Waals surface area contributed by atoms with Crippen molar-refractivity contribution in [3.8, 4) is 0 Å². The van der Waals surface area contributed by atoms with Crippen LogP contribution in [0.25, 0.3) is 0 Å². The molecule has 0 aliphatic carbocycles. The second-order valence-corrected chi connectivity index (χ2v) is 2.41. The van der Waals surface area contributed by atoms with Crippen LogP contribution >= 0.6 is 0 Å². The van der Waals surface area contributed by atoms with Crippen molar-refractivity contribution in [3.63, 3.8) is 0 Å². The van der Waals surface area contributed by atoms with E-state index in [1.165, 1.54) is 0 Å². The molecule has 5 heteroatoms. The lowest BCUT2D eigenvalue weighted by Crippen LogP contribution is -2.42. The van der Waals surface area contributed by atoms with E-state index in [1.54, 1.807) is 0 Å². The van der Waals surface area contributed by atoms with Gasteiger partial charge < -0.3 is 11.1 Å². The summed E-state index contributed by atoms with van der Waals surface area (Å²) in [5.41, 5.74) is 4.97. The molecule has 0 radical (unpaired) electrons. The lowest BCUT2D eigenvalue weighted by molar-refractivity contribution is -0.126. The number of nitrogens with zero attached hydrogens (tertiary/aromatic N) is 1. The van der Waals surface area contributed by atoms with Crippen molar-refractivity contribution < 1.29 is 9.59 Å². The maximum atomic E-state index is 11.0. The second-order valence-electron chi connectivity index (χ2n) is 2.41. The lowest BCUT2D eigenvalue weighted by Gasteiger charge is -2.13. The fraction of sp³-hybridized carbons (Fsp3) is 0.667. The van der Waals surface area contributed by atoms with E-state index in [-0.39, 0.29) is 12.5 Å². The minimum Gasteiger partial charge on any atom is -0.351 e. The molecule has 11 heavy (non-hydrogen) atoms. The van der Waals surface area contributed by atoms with Gasteiger partial charge in [0.2, 0.25) is 5.91 Å². The maximum Gasteiger partial charge on any atom is 0.321 e. The Labute approximate surface area is 64.5 Å². The molecule has 3 N–H and O–H groups in total. The average molecular weight is 157 g/mol. The van der Waals surface area contributed by atoms with Crippen LogP contribution in [0.5, 0.6) is 0 Å². The van der Waals surface area contributed by atoms with Crippen LogP contribution in [0.3, 0.4) is 0 Å². The second kappa shape index (κ2) is 3.34. The number of amides is 3. The number of rotatable bonds is 0. The first-order valence-corrected chi connectivity index (χ1v) is 3.52. The molecule has 1 aliphatic rings. The molecule has 0 saturated carbocycles. The summed E-state index contributed by atoms with van der Waals surface area (Å²) in [5, 5.41) is 2.88. The normalized spacial score (nSPS) is 19.6. The summed E-state index contributed by atoms with van der Waals surface area (Å²) in [4.78, 5) is 22.7. The van der Waals surface area contributed by atoms with Crippen molar-refractivity contribution in [2.45, 2.75) is 6.42 Å². The van der Waals surface area contributed by atoms with E-state index in [0.29, 0.717) is 6.54 Å². The largest absolute Gasteiger partial charge is 0.351 e. The molecule has 1 heterocycles. The average Bonchev–Trinajstić information content (AvgIpc) is 2.13. The van der Waals surface area contributed by atoms with E-state index in [9.17, 15) is 9.59 Å². The highest BCUT2D eigenvalue weighted by molar-refractivity contribution is 5.94. The number of primary amides is 1. The number of hydrogen-bond acceptors (Lipinski definition) is 3. The third-order valence-electron chi connectivity index (χ3n) is 1.58. The fourth-order valence-corrected chi connectivity index (χ4v) is 1.01. The Morgan fingerprint density at radius 3 is 3.00 bits per heavy atom. The van der Waals surface area contributed by atoms with Gasteiger partial charge in [-0.05, 0) is 13.0 Å². The Balaban J connectivity index is 2.59. The zero-order chi connectivity index (χ0) is 8.27. The maximum absolute atomic E-state index is 11.0. The predicted octanol–water partition coefficient (Wildman–Crippen LogP) is -1.11. The number of urea groups is 1. The summed E-state index contributed by atoms with van der Waals surface area (Å²) >= 11 is 0. The first-order valence-electron chi connectivity index (χ1n) is 3.52. The van der Waals surface area contributed by atoms with Gasteiger partial charge in [0.15, 0.2) is 0 Å². The summed E-state index contributed by atoms with van der Waals surface area (Å²) in [7, 11) is 0. The van der Waals surface area contributed by atoms with E-state index < -0.39 is 6.03 Å². The van der Waals surface area contributed by atoms with Crippen LogP contribution in [0.4, 0.5) is 4.79 Å². The highest BCUT2D eigenvalue weighted by atomic mass is 16.2. The third-order valence-corrected chi connectivity index (χ3v) is 1.58. The zero-order valence-electron chi connectivity index (χ0n) is 6.17. The van der Waals surface area contributed by atoms with Crippen molar-refractivity contribution in [2.75, 3.05) is 19.6 Å².